The zero-order valence-electron chi connectivity index (χ0n) is 9.95. The van der Waals surface area contributed by atoms with Gasteiger partial charge in [-0.2, -0.15) is 0 Å². The van der Waals surface area contributed by atoms with Crippen molar-refractivity contribution in [2.45, 2.75) is 13.0 Å². The molecule has 0 aliphatic rings. The van der Waals surface area contributed by atoms with Crippen molar-refractivity contribution >= 4 is 11.6 Å². The van der Waals surface area contributed by atoms with E-state index < -0.39 is 0 Å². The molecular weight excluding hydrogens is 251 g/mol. The molecule has 1 atom stereocenters. The Morgan fingerprint density at radius 3 is 2.28 bits per heavy atom. The Hall–Kier alpha value is -1.42. The highest BCUT2D eigenvalue weighted by atomic mass is 35.5. The summed E-state index contributed by atoms with van der Waals surface area (Å²) in [5.41, 5.74) is 5.56. The number of hydrazine groups is 1. The first-order chi connectivity index (χ1) is 8.61. The summed E-state index contributed by atoms with van der Waals surface area (Å²) in [6.45, 7) is 1.94. The summed E-state index contributed by atoms with van der Waals surface area (Å²) in [5.74, 6) is 5.31. The molecule has 1 unspecified atom stereocenters. The first-order valence-electron chi connectivity index (χ1n) is 5.59. The summed E-state index contributed by atoms with van der Waals surface area (Å²) >= 11 is 6.10. The minimum atomic E-state index is -0.267. The quantitative estimate of drug-likeness (QED) is 0.659. The molecule has 0 saturated heterocycles. The Balaban J connectivity index is 2.38. The number of aryl methyl sites for hydroxylation is 1. The molecule has 18 heavy (non-hydrogen) atoms. The fourth-order valence-corrected chi connectivity index (χ4v) is 2.02. The van der Waals surface area contributed by atoms with Gasteiger partial charge in [-0.1, -0.05) is 35.9 Å². The number of halogens is 2. The highest BCUT2D eigenvalue weighted by Crippen LogP contribution is 2.25. The maximum absolute atomic E-state index is 12.9. The van der Waals surface area contributed by atoms with Crippen LogP contribution in [-0.4, -0.2) is 0 Å². The van der Waals surface area contributed by atoms with Crippen molar-refractivity contribution in [2.75, 3.05) is 0 Å². The standard InChI is InChI=1S/C14H14ClFN2/c1-9-2-3-11(8-13(9)15)14(18-17)10-4-6-12(16)7-5-10/h2-8,14,18H,17H2,1H3. The van der Waals surface area contributed by atoms with Crippen molar-refractivity contribution in [1.29, 1.82) is 0 Å². The van der Waals surface area contributed by atoms with Crippen LogP contribution in [-0.2, 0) is 0 Å². The van der Waals surface area contributed by atoms with Crippen LogP contribution in [0.1, 0.15) is 22.7 Å². The Morgan fingerprint density at radius 2 is 1.72 bits per heavy atom. The van der Waals surface area contributed by atoms with Gasteiger partial charge < -0.3 is 0 Å². The number of hydrogen-bond acceptors (Lipinski definition) is 2. The lowest BCUT2D eigenvalue weighted by Gasteiger charge is -2.17. The molecule has 0 aliphatic carbocycles. The number of benzene rings is 2. The van der Waals surface area contributed by atoms with Crippen molar-refractivity contribution < 1.29 is 4.39 Å². The maximum Gasteiger partial charge on any atom is 0.123 e. The van der Waals surface area contributed by atoms with Crippen molar-refractivity contribution in [3.05, 3.63) is 70.0 Å². The summed E-state index contributed by atoms with van der Waals surface area (Å²) in [6.07, 6.45) is 0. The second-order valence-corrected chi connectivity index (χ2v) is 4.57. The predicted octanol–water partition coefficient (Wildman–Crippen LogP) is 3.34. The molecule has 0 amide bonds. The second-order valence-electron chi connectivity index (χ2n) is 4.16. The van der Waals surface area contributed by atoms with E-state index in [0.29, 0.717) is 5.02 Å². The lowest BCUT2D eigenvalue weighted by Crippen LogP contribution is -2.28. The van der Waals surface area contributed by atoms with Gasteiger partial charge in [0, 0.05) is 5.02 Å². The van der Waals surface area contributed by atoms with Crippen LogP contribution in [0.25, 0.3) is 0 Å². The van der Waals surface area contributed by atoms with Crippen LogP contribution in [0.15, 0.2) is 42.5 Å². The highest BCUT2D eigenvalue weighted by molar-refractivity contribution is 6.31. The van der Waals surface area contributed by atoms with Crippen molar-refractivity contribution in [3.63, 3.8) is 0 Å². The predicted molar refractivity (Wildman–Crippen MR) is 71.8 cm³/mol. The van der Waals surface area contributed by atoms with Gasteiger partial charge in [-0.15, -0.1) is 0 Å². The van der Waals surface area contributed by atoms with Gasteiger partial charge in [-0.05, 0) is 41.8 Å². The van der Waals surface area contributed by atoms with Crippen LogP contribution in [0.3, 0.4) is 0 Å². The van der Waals surface area contributed by atoms with Gasteiger partial charge in [-0.3, -0.25) is 5.84 Å². The molecule has 0 heterocycles. The smallest absolute Gasteiger partial charge is 0.123 e. The first kappa shape index (κ1) is 13.0. The fraction of sp³-hybridized carbons (Fsp3) is 0.143. The van der Waals surface area contributed by atoms with Gasteiger partial charge in [-0.25, -0.2) is 9.82 Å². The van der Waals surface area contributed by atoms with E-state index in [-0.39, 0.29) is 11.9 Å². The number of hydrogen-bond donors (Lipinski definition) is 2. The van der Waals surface area contributed by atoms with Gasteiger partial charge in [0.05, 0.1) is 6.04 Å². The van der Waals surface area contributed by atoms with E-state index in [9.17, 15) is 4.39 Å². The van der Waals surface area contributed by atoms with E-state index in [0.717, 1.165) is 16.7 Å². The number of nitrogens with one attached hydrogen (secondary N) is 1. The average molecular weight is 265 g/mol. The molecule has 0 spiro atoms. The zero-order valence-corrected chi connectivity index (χ0v) is 10.7. The normalized spacial score (nSPS) is 12.4. The molecule has 2 rings (SSSR count). The summed E-state index contributed by atoms with van der Waals surface area (Å²) in [6, 6.07) is 11.8. The van der Waals surface area contributed by atoms with E-state index in [1.165, 1.54) is 12.1 Å². The molecule has 2 aromatic rings. The van der Waals surface area contributed by atoms with Gasteiger partial charge >= 0.3 is 0 Å². The summed E-state index contributed by atoms with van der Waals surface area (Å²) in [5, 5.41) is 0.690. The Labute approximate surface area is 111 Å². The molecule has 3 N–H and O–H groups in total. The van der Waals surface area contributed by atoms with Crippen molar-refractivity contribution in [1.82, 2.24) is 5.43 Å². The minimum absolute atomic E-state index is 0.205. The van der Waals surface area contributed by atoms with Crippen LogP contribution in [0.2, 0.25) is 5.02 Å². The maximum atomic E-state index is 12.9. The van der Waals surface area contributed by atoms with Crippen LogP contribution in [0.4, 0.5) is 4.39 Å². The Bertz CT molecular complexity index is 540. The van der Waals surface area contributed by atoms with E-state index in [2.05, 4.69) is 5.43 Å². The molecule has 0 bridgehead atoms. The van der Waals surface area contributed by atoms with E-state index in [1.54, 1.807) is 12.1 Å². The third-order valence-corrected chi connectivity index (χ3v) is 3.31. The summed E-state index contributed by atoms with van der Waals surface area (Å²) in [4.78, 5) is 0. The van der Waals surface area contributed by atoms with E-state index >= 15 is 0 Å². The molecule has 0 saturated carbocycles. The molecule has 0 radical (unpaired) electrons. The third-order valence-electron chi connectivity index (χ3n) is 2.90. The van der Waals surface area contributed by atoms with Gasteiger partial charge in [0.15, 0.2) is 0 Å². The minimum Gasteiger partial charge on any atom is -0.271 e. The molecule has 0 aliphatic heterocycles. The molecule has 0 aromatic heterocycles. The zero-order chi connectivity index (χ0) is 13.1. The molecule has 2 aromatic carbocycles. The molecule has 94 valence electrons. The number of rotatable bonds is 3. The van der Waals surface area contributed by atoms with Crippen LogP contribution >= 0.6 is 11.6 Å². The molecule has 4 heteroatoms. The van der Waals surface area contributed by atoms with Crippen molar-refractivity contribution in [2.24, 2.45) is 5.84 Å². The van der Waals surface area contributed by atoms with Crippen LogP contribution in [0.5, 0.6) is 0 Å². The van der Waals surface area contributed by atoms with Gasteiger partial charge in [0.25, 0.3) is 0 Å². The van der Waals surface area contributed by atoms with Crippen LogP contribution in [0, 0.1) is 12.7 Å². The largest absolute Gasteiger partial charge is 0.271 e. The second kappa shape index (κ2) is 5.48. The first-order valence-corrected chi connectivity index (χ1v) is 5.97. The molecule has 0 fully saturated rings. The summed E-state index contributed by atoms with van der Waals surface area (Å²) < 4.78 is 12.9. The lowest BCUT2D eigenvalue weighted by atomic mass is 9.98. The Kier molecular flexibility index (Phi) is 3.97. The third kappa shape index (κ3) is 2.70. The topological polar surface area (TPSA) is 38.0 Å². The SMILES string of the molecule is Cc1ccc(C(NN)c2ccc(F)cc2)cc1Cl. The van der Waals surface area contributed by atoms with Gasteiger partial charge in [0.2, 0.25) is 0 Å². The molecular formula is C14H14ClFN2. The van der Waals surface area contributed by atoms with E-state index in [4.69, 9.17) is 17.4 Å². The van der Waals surface area contributed by atoms with Crippen LogP contribution < -0.4 is 11.3 Å². The fourth-order valence-electron chi connectivity index (χ4n) is 1.83. The van der Waals surface area contributed by atoms with Crippen molar-refractivity contribution in [3.8, 4) is 0 Å². The lowest BCUT2D eigenvalue weighted by molar-refractivity contribution is 0.615. The summed E-state index contributed by atoms with van der Waals surface area (Å²) in [7, 11) is 0. The monoisotopic (exact) mass is 264 g/mol. The highest BCUT2D eigenvalue weighted by Gasteiger charge is 2.13. The Morgan fingerprint density at radius 1 is 1.11 bits per heavy atom. The number of nitrogens with two attached hydrogens (primary N) is 1. The van der Waals surface area contributed by atoms with Gasteiger partial charge in [0.1, 0.15) is 5.82 Å². The average Bonchev–Trinajstić information content (AvgIpc) is 2.37. The molecule has 2 nitrogen and oxygen atoms in total. The van der Waals surface area contributed by atoms with E-state index in [1.807, 2.05) is 25.1 Å².